The molecule has 0 aliphatic carbocycles. The van der Waals surface area contributed by atoms with Gasteiger partial charge in [0.05, 0.1) is 5.69 Å². The smallest absolute Gasteiger partial charge is 0.0780 e. The summed E-state index contributed by atoms with van der Waals surface area (Å²) in [5.74, 6) is 3.30. The Balaban J connectivity index is 2.06. The predicted molar refractivity (Wildman–Crippen MR) is 105 cm³/mol. The zero-order valence-electron chi connectivity index (χ0n) is 14.2. The van der Waals surface area contributed by atoms with E-state index >= 15 is 0 Å². The molecule has 0 aliphatic rings. The summed E-state index contributed by atoms with van der Waals surface area (Å²) in [6.45, 7) is 0. The van der Waals surface area contributed by atoms with Crippen LogP contribution < -0.4 is 0 Å². The van der Waals surface area contributed by atoms with E-state index in [4.69, 9.17) is 0 Å². The van der Waals surface area contributed by atoms with Crippen molar-refractivity contribution in [2.75, 3.05) is 18.8 Å². The molecule has 1 aromatic carbocycles. The maximum Gasteiger partial charge on any atom is 0.0780 e. The summed E-state index contributed by atoms with van der Waals surface area (Å²) >= 11 is 0. The normalized spacial score (nSPS) is 11.5. The Labute approximate surface area is 145 Å². The summed E-state index contributed by atoms with van der Waals surface area (Å²) < 4.78 is 0. The molecule has 0 radical (unpaired) electrons. The molecule has 3 rings (SSSR count). The van der Waals surface area contributed by atoms with E-state index in [1.54, 1.807) is 12.4 Å². The molecule has 24 heavy (non-hydrogen) atoms. The largest absolute Gasteiger partial charge is 0.265 e. The molecule has 2 heterocycles. The Morgan fingerprint density at radius 3 is 2.38 bits per heavy atom. The van der Waals surface area contributed by atoms with Crippen molar-refractivity contribution in [1.82, 2.24) is 9.97 Å². The first-order valence-electron chi connectivity index (χ1n) is 7.70. The summed E-state index contributed by atoms with van der Waals surface area (Å²) in [5.41, 5.74) is 5.30. The second-order valence-corrected chi connectivity index (χ2v) is 10.2. The van der Waals surface area contributed by atoms with E-state index in [2.05, 4.69) is 64.2 Å². The lowest BCUT2D eigenvalue weighted by Gasteiger charge is -2.15. The fourth-order valence-electron chi connectivity index (χ4n) is 2.36. The standard InChI is InChI=1S/C21H20N2S/c1-24(2,3)15-11-17-6-4-7-19(16-17)21-20(8-5-12-23-21)18-9-13-22-14-10-18/h4-10,12-14,16H,1-3H3. The predicted octanol–water partition coefficient (Wildman–Crippen LogP) is 4.81. The van der Waals surface area contributed by atoms with Crippen LogP contribution in [-0.4, -0.2) is 28.7 Å². The summed E-state index contributed by atoms with van der Waals surface area (Å²) in [5, 5.41) is 3.37. The molecule has 0 saturated heterocycles. The lowest BCUT2D eigenvalue weighted by molar-refractivity contribution is 1.30. The highest BCUT2D eigenvalue weighted by Crippen LogP contribution is 2.33. The number of nitrogens with zero attached hydrogens (tertiary/aromatic N) is 2. The average molecular weight is 332 g/mol. The van der Waals surface area contributed by atoms with Gasteiger partial charge in [-0.25, -0.2) is 0 Å². The fraction of sp³-hybridized carbons (Fsp3) is 0.143. The molecular formula is C21H20N2S. The lowest BCUT2D eigenvalue weighted by Crippen LogP contribution is -1.90. The van der Waals surface area contributed by atoms with Gasteiger partial charge in [-0.2, -0.15) is 10.0 Å². The van der Waals surface area contributed by atoms with E-state index in [0.29, 0.717) is 0 Å². The van der Waals surface area contributed by atoms with Crippen LogP contribution in [0.3, 0.4) is 0 Å². The molecule has 0 unspecified atom stereocenters. The summed E-state index contributed by atoms with van der Waals surface area (Å²) in [7, 11) is -0.835. The molecule has 3 heteroatoms. The van der Waals surface area contributed by atoms with Crippen LogP contribution in [0.1, 0.15) is 5.56 Å². The van der Waals surface area contributed by atoms with Gasteiger partial charge in [0.2, 0.25) is 0 Å². The Morgan fingerprint density at radius 2 is 1.62 bits per heavy atom. The van der Waals surface area contributed by atoms with Gasteiger partial charge in [0.1, 0.15) is 0 Å². The Kier molecular flexibility index (Phi) is 4.69. The number of benzene rings is 1. The van der Waals surface area contributed by atoms with Crippen LogP contribution in [0.2, 0.25) is 0 Å². The van der Waals surface area contributed by atoms with Crippen LogP contribution in [0.25, 0.3) is 22.4 Å². The number of hydrogen-bond donors (Lipinski definition) is 0. The van der Waals surface area contributed by atoms with Gasteiger partial charge in [-0.15, -0.1) is 0 Å². The van der Waals surface area contributed by atoms with Gasteiger partial charge in [0, 0.05) is 35.3 Å². The Morgan fingerprint density at radius 1 is 0.833 bits per heavy atom. The van der Waals surface area contributed by atoms with E-state index in [9.17, 15) is 0 Å². The van der Waals surface area contributed by atoms with Crippen molar-refractivity contribution in [3.05, 3.63) is 72.7 Å². The van der Waals surface area contributed by atoms with E-state index in [-0.39, 0.29) is 0 Å². The molecule has 2 nitrogen and oxygen atoms in total. The molecule has 0 fully saturated rings. The van der Waals surface area contributed by atoms with Crippen LogP contribution in [0.5, 0.6) is 0 Å². The first-order chi connectivity index (χ1) is 11.5. The zero-order chi connectivity index (χ0) is 17.0. The van der Waals surface area contributed by atoms with Crippen LogP contribution in [-0.2, 0) is 0 Å². The lowest BCUT2D eigenvalue weighted by atomic mass is 9.99. The van der Waals surface area contributed by atoms with Crippen LogP contribution >= 0.6 is 10.0 Å². The van der Waals surface area contributed by atoms with Crippen molar-refractivity contribution in [2.24, 2.45) is 0 Å². The number of pyridine rings is 2. The number of aromatic nitrogens is 2. The van der Waals surface area contributed by atoms with Crippen LogP contribution in [0.4, 0.5) is 0 Å². The highest BCUT2D eigenvalue weighted by Gasteiger charge is 2.08. The Hall–Kier alpha value is -2.57. The molecule has 120 valence electrons. The highest BCUT2D eigenvalue weighted by atomic mass is 32.3. The minimum Gasteiger partial charge on any atom is -0.265 e. The third-order valence-electron chi connectivity index (χ3n) is 3.44. The van der Waals surface area contributed by atoms with Crippen molar-refractivity contribution in [3.8, 4) is 33.6 Å². The van der Waals surface area contributed by atoms with E-state index < -0.39 is 10.0 Å². The topological polar surface area (TPSA) is 25.8 Å². The van der Waals surface area contributed by atoms with Crippen LogP contribution in [0, 0.1) is 11.2 Å². The third-order valence-corrected chi connectivity index (χ3v) is 4.15. The van der Waals surface area contributed by atoms with Crippen molar-refractivity contribution in [1.29, 1.82) is 0 Å². The average Bonchev–Trinajstić information content (AvgIpc) is 2.60. The molecule has 0 aliphatic heterocycles. The maximum absolute atomic E-state index is 4.61. The van der Waals surface area contributed by atoms with Gasteiger partial charge in [-0.05, 0) is 59.9 Å². The van der Waals surface area contributed by atoms with E-state index in [1.807, 2.05) is 30.5 Å². The summed E-state index contributed by atoms with van der Waals surface area (Å²) in [6.07, 6.45) is 12.0. The molecule has 0 saturated carbocycles. The second kappa shape index (κ2) is 6.90. The first kappa shape index (κ1) is 16.3. The highest BCUT2D eigenvalue weighted by molar-refractivity contribution is 8.35. The fourth-order valence-corrected chi connectivity index (χ4v) is 2.78. The molecule has 0 atom stereocenters. The SMILES string of the molecule is CS(C)(C)C#Cc1cccc(-c2ncccc2-c2ccncc2)c1. The molecule has 2 aromatic heterocycles. The quantitative estimate of drug-likeness (QED) is 0.629. The number of hydrogen-bond acceptors (Lipinski definition) is 2. The first-order valence-corrected chi connectivity index (χ1v) is 10.6. The molecule has 0 spiro atoms. The summed E-state index contributed by atoms with van der Waals surface area (Å²) in [4.78, 5) is 8.71. The molecule has 0 amide bonds. The van der Waals surface area contributed by atoms with Crippen molar-refractivity contribution in [3.63, 3.8) is 0 Å². The maximum atomic E-state index is 4.61. The van der Waals surface area contributed by atoms with Gasteiger partial charge < -0.3 is 0 Å². The third kappa shape index (κ3) is 4.04. The summed E-state index contributed by atoms with van der Waals surface area (Å²) in [6, 6.07) is 16.4. The van der Waals surface area contributed by atoms with Gasteiger partial charge in [0.15, 0.2) is 0 Å². The monoisotopic (exact) mass is 332 g/mol. The Bertz CT molecular complexity index is 900. The van der Waals surface area contributed by atoms with Gasteiger partial charge >= 0.3 is 0 Å². The van der Waals surface area contributed by atoms with Crippen molar-refractivity contribution >= 4 is 10.0 Å². The van der Waals surface area contributed by atoms with Crippen molar-refractivity contribution < 1.29 is 0 Å². The second-order valence-electron chi connectivity index (χ2n) is 6.28. The number of rotatable bonds is 2. The van der Waals surface area contributed by atoms with Gasteiger partial charge in [0.25, 0.3) is 0 Å². The van der Waals surface area contributed by atoms with Crippen LogP contribution in [0.15, 0.2) is 67.1 Å². The van der Waals surface area contributed by atoms with E-state index in [0.717, 1.165) is 27.9 Å². The van der Waals surface area contributed by atoms with E-state index in [1.165, 1.54) is 0 Å². The molecule has 3 aromatic rings. The minimum atomic E-state index is -0.835. The molecular weight excluding hydrogens is 312 g/mol. The van der Waals surface area contributed by atoms with Crippen molar-refractivity contribution in [2.45, 2.75) is 0 Å². The molecule has 0 bridgehead atoms. The van der Waals surface area contributed by atoms with Gasteiger partial charge in [-0.1, -0.05) is 24.1 Å². The van der Waals surface area contributed by atoms with Gasteiger partial charge in [-0.3, -0.25) is 9.97 Å². The zero-order valence-corrected chi connectivity index (χ0v) is 15.0. The molecule has 0 N–H and O–H groups in total. The minimum absolute atomic E-state index is 0.835.